The van der Waals surface area contributed by atoms with Crippen LogP contribution < -0.4 is 10.1 Å². The van der Waals surface area contributed by atoms with Crippen LogP contribution in [-0.4, -0.2) is 6.04 Å². The van der Waals surface area contributed by atoms with Crippen molar-refractivity contribution in [1.29, 1.82) is 0 Å². The Morgan fingerprint density at radius 1 is 1.05 bits per heavy atom. The van der Waals surface area contributed by atoms with E-state index < -0.39 is 0 Å². The van der Waals surface area contributed by atoms with Crippen LogP contribution in [0.15, 0.2) is 45.3 Å². The number of halogens is 3. The molecule has 1 aliphatic rings. The average molecular weight is 432 g/mol. The molecule has 110 valence electrons. The van der Waals surface area contributed by atoms with Gasteiger partial charge in [0.15, 0.2) is 0 Å². The molecule has 0 atom stereocenters. The van der Waals surface area contributed by atoms with E-state index >= 15 is 0 Å². The number of nitrogens with one attached hydrogen (secondary N) is 1. The second-order valence-corrected chi connectivity index (χ2v) is 7.32. The number of hydrogen-bond acceptors (Lipinski definition) is 2. The van der Waals surface area contributed by atoms with Crippen LogP contribution in [0.3, 0.4) is 0 Å². The third-order valence-corrected chi connectivity index (χ3v) is 4.59. The normalized spacial score (nSPS) is 14.2. The van der Waals surface area contributed by atoms with Crippen LogP contribution in [0, 0.1) is 0 Å². The smallest absolute Gasteiger partial charge is 0.147 e. The molecule has 21 heavy (non-hydrogen) atoms. The predicted molar refractivity (Wildman–Crippen MR) is 93.2 cm³/mol. The number of ether oxygens (including phenoxy) is 1. The molecule has 0 saturated heterocycles. The van der Waals surface area contributed by atoms with E-state index in [1.54, 1.807) is 0 Å². The lowest BCUT2D eigenvalue weighted by Gasteiger charge is -2.13. The standard InChI is InChI=1S/C16H14Br2ClNO/c17-11-2-6-15(10(7-11)9-20-13-3-4-13)21-16-8-12(18)1-5-14(16)19/h1-2,5-8,13,20H,3-4,9H2. The van der Waals surface area contributed by atoms with E-state index in [2.05, 4.69) is 43.2 Å². The second-order valence-electron chi connectivity index (χ2n) is 5.08. The van der Waals surface area contributed by atoms with Gasteiger partial charge in [-0.05, 0) is 49.2 Å². The second kappa shape index (κ2) is 6.69. The summed E-state index contributed by atoms with van der Waals surface area (Å²) < 4.78 is 7.99. The van der Waals surface area contributed by atoms with Crippen LogP contribution in [0.2, 0.25) is 5.02 Å². The minimum Gasteiger partial charge on any atom is -0.455 e. The summed E-state index contributed by atoms with van der Waals surface area (Å²) in [4.78, 5) is 0. The van der Waals surface area contributed by atoms with Crippen LogP contribution in [0.4, 0.5) is 0 Å². The zero-order valence-corrected chi connectivity index (χ0v) is 15.1. The lowest BCUT2D eigenvalue weighted by atomic mass is 10.2. The van der Waals surface area contributed by atoms with Crippen molar-refractivity contribution >= 4 is 43.5 Å². The maximum atomic E-state index is 6.20. The fraction of sp³-hybridized carbons (Fsp3) is 0.250. The van der Waals surface area contributed by atoms with Gasteiger partial charge in [-0.15, -0.1) is 0 Å². The SMILES string of the molecule is Clc1ccc(Br)cc1Oc1ccc(Br)cc1CNC1CC1. The van der Waals surface area contributed by atoms with Crippen LogP contribution >= 0.6 is 43.5 Å². The van der Waals surface area contributed by atoms with E-state index in [1.165, 1.54) is 12.8 Å². The van der Waals surface area contributed by atoms with Gasteiger partial charge in [-0.1, -0.05) is 43.5 Å². The van der Waals surface area contributed by atoms with Gasteiger partial charge in [0, 0.05) is 27.1 Å². The summed E-state index contributed by atoms with van der Waals surface area (Å²) in [6, 6.07) is 12.3. The van der Waals surface area contributed by atoms with Crippen molar-refractivity contribution in [3.05, 3.63) is 55.9 Å². The molecule has 5 heteroatoms. The van der Waals surface area contributed by atoms with E-state index in [1.807, 2.05) is 30.3 Å². The molecule has 1 aliphatic carbocycles. The molecule has 2 aromatic carbocycles. The van der Waals surface area contributed by atoms with E-state index in [0.717, 1.165) is 26.8 Å². The lowest BCUT2D eigenvalue weighted by Crippen LogP contribution is -2.15. The molecular formula is C16H14Br2ClNO. The Hall–Kier alpha value is -0.550. The summed E-state index contributed by atoms with van der Waals surface area (Å²) in [5.41, 5.74) is 1.12. The van der Waals surface area contributed by atoms with Crippen molar-refractivity contribution in [2.24, 2.45) is 0 Å². The van der Waals surface area contributed by atoms with Crippen molar-refractivity contribution in [3.63, 3.8) is 0 Å². The summed E-state index contributed by atoms with van der Waals surface area (Å²) >= 11 is 13.1. The highest BCUT2D eigenvalue weighted by Gasteiger charge is 2.21. The van der Waals surface area contributed by atoms with E-state index in [0.29, 0.717) is 16.8 Å². The molecule has 1 fully saturated rings. The van der Waals surface area contributed by atoms with Gasteiger partial charge in [0.05, 0.1) is 5.02 Å². The molecule has 0 unspecified atom stereocenters. The number of hydrogen-bond donors (Lipinski definition) is 1. The molecule has 3 rings (SSSR count). The minimum absolute atomic E-state index is 0.599. The molecule has 1 saturated carbocycles. The molecule has 2 nitrogen and oxygen atoms in total. The maximum Gasteiger partial charge on any atom is 0.147 e. The topological polar surface area (TPSA) is 21.3 Å². The summed E-state index contributed by atoms with van der Waals surface area (Å²) in [6.45, 7) is 0.797. The Morgan fingerprint density at radius 3 is 2.52 bits per heavy atom. The first kappa shape index (κ1) is 15.3. The Bertz CT molecular complexity index is 659. The van der Waals surface area contributed by atoms with Gasteiger partial charge in [-0.3, -0.25) is 0 Å². The molecule has 0 radical (unpaired) electrons. The van der Waals surface area contributed by atoms with Crippen LogP contribution in [-0.2, 0) is 6.54 Å². The largest absolute Gasteiger partial charge is 0.455 e. The average Bonchev–Trinajstić information content (AvgIpc) is 3.27. The van der Waals surface area contributed by atoms with Gasteiger partial charge in [-0.2, -0.15) is 0 Å². The highest BCUT2D eigenvalue weighted by molar-refractivity contribution is 9.10. The van der Waals surface area contributed by atoms with Crippen molar-refractivity contribution in [2.45, 2.75) is 25.4 Å². The van der Waals surface area contributed by atoms with Crippen LogP contribution in [0.5, 0.6) is 11.5 Å². The number of benzene rings is 2. The van der Waals surface area contributed by atoms with Crippen LogP contribution in [0.25, 0.3) is 0 Å². The molecule has 0 aliphatic heterocycles. The molecule has 0 heterocycles. The highest BCUT2D eigenvalue weighted by atomic mass is 79.9. The van der Waals surface area contributed by atoms with E-state index in [9.17, 15) is 0 Å². The first-order chi connectivity index (χ1) is 10.1. The van der Waals surface area contributed by atoms with Gasteiger partial charge < -0.3 is 10.1 Å². The Balaban J connectivity index is 1.84. The zero-order chi connectivity index (χ0) is 14.8. The van der Waals surface area contributed by atoms with Gasteiger partial charge in [-0.25, -0.2) is 0 Å². The first-order valence-electron chi connectivity index (χ1n) is 6.76. The first-order valence-corrected chi connectivity index (χ1v) is 8.73. The molecule has 0 amide bonds. The summed E-state index contributed by atoms with van der Waals surface area (Å²) in [7, 11) is 0. The fourth-order valence-corrected chi connectivity index (χ4v) is 2.91. The van der Waals surface area contributed by atoms with E-state index in [4.69, 9.17) is 16.3 Å². The van der Waals surface area contributed by atoms with Crippen molar-refractivity contribution in [1.82, 2.24) is 5.32 Å². The maximum absolute atomic E-state index is 6.20. The lowest BCUT2D eigenvalue weighted by molar-refractivity contribution is 0.472. The molecule has 0 bridgehead atoms. The van der Waals surface area contributed by atoms with Crippen LogP contribution in [0.1, 0.15) is 18.4 Å². The Kier molecular flexibility index (Phi) is 4.89. The van der Waals surface area contributed by atoms with Crippen molar-refractivity contribution in [3.8, 4) is 11.5 Å². The molecule has 1 N–H and O–H groups in total. The molecule has 2 aromatic rings. The van der Waals surface area contributed by atoms with Crippen molar-refractivity contribution in [2.75, 3.05) is 0 Å². The highest BCUT2D eigenvalue weighted by Crippen LogP contribution is 2.34. The third-order valence-electron chi connectivity index (χ3n) is 3.29. The minimum atomic E-state index is 0.599. The molecular weight excluding hydrogens is 417 g/mol. The van der Waals surface area contributed by atoms with Crippen molar-refractivity contribution < 1.29 is 4.74 Å². The quantitative estimate of drug-likeness (QED) is 0.636. The monoisotopic (exact) mass is 429 g/mol. The third kappa shape index (κ3) is 4.22. The van der Waals surface area contributed by atoms with Gasteiger partial charge >= 0.3 is 0 Å². The van der Waals surface area contributed by atoms with E-state index in [-0.39, 0.29) is 0 Å². The molecule has 0 aromatic heterocycles. The Labute approximate surface area is 146 Å². The summed E-state index contributed by atoms with van der Waals surface area (Å²) in [6.07, 6.45) is 2.53. The Morgan fingerprint density at radius 2 is 1.76 bits per heavy atom. The van der Waals surface area contributed by atoms with Gasteiger partial charge in [0.2, 0.25) is 0 Å². The zero-order valence-electron chi connectivity index (χ0n) is 11.2. The predicted octanol–water partition coefficient (Wildman–Crippen LogP) is 5.91. The number of rotatable bonds is 5. The molecule has 0 spiro atoms. The fourth-order valence-electron chi connectivity index (χ4n) is 2.00. The summed E-state index contributed by atoms with van der Waals surface area (Å²) in [5, 5.41) is 4.11. The summed E-state index contributed by atoms with van der Waals surface area (Å²) in [5.74, 6) is 1.48. The van der Waals surface area contributed by atoms with Gasteiger partial charge in [0.1, 0.15) is 11.5 Å². The van der Waals surface area contributed by atoms with Gasteiger partial charge in [0.25, 0.3) is 0 Å².